The summed E-state index contributed by atoms with van der Waals surface area (Å²) in [7, 11) is 0. The van der Waals surface area contributed by atoms with E-state index in [1.807, 2.05) is 24.3 Å². The molecule has 1 aliphatic carbocycles. The minimum absolute atomic E-state index is 0.110. The van der Waals surface area contributed by atoms with Gasteiger partial charge in [-0.15, -0.1) is 0 Å². The van der Waals surface area contributed by atoms with Gasteiger partial charge in [0.15, 0.2) is 0 Å². The number of benzene rings is 1. The topological polar surface area (TPSA) is 62.0 Å². The molecule has 5 heterocycles. The maximum atomic E-state index is 6.24. The fourth-order valence-corrected chi connectivity index (χ4v) is 4.66. The first kappa shape index (κ1) is 13.7. The molecule has 1 aromatic rings. The molecule has 122 valence electrons. The van der Waals surface area contributed by atoms with Crippen LogP contribution in [0.1, 0.15) is 5.56 Å². The Hall–Kier alpha value is -0.540. The second-order valence-electron chi connectivity index (χ2n) is 6.77. The van der Waals surface area contributed by atoms with E-state index in [0.717, 1.165) is 10.0 Å². The smallest absolute Gasteiger partial charge is 0.273 e. The Labute approximate surface area is 141 Å². The molecule has 5 saturated heterocycles. The molecule has 6 aliphatic rings. The Kier molecular flexibility index (Phi) is 2.59. The van der Waals surface area contributed by atoms with Crippen LogP contribution in [0.2, 0.25) is 0 Å². The lowest BCUT2D eigenvalue weighted by Gasteiger charge is -2.58. The molecular weight excluding hydrogens is 368 g/mol. The maximum Gasteiger partial charge on any atom is 0.273 e. The highest BCUT2D eigenvalue weighted by Crippen LogP contribution is 2.62. The SMILES string of the molecule is Brc1ccccc1COC1C2OC3OC1C1(CO1)C(O3)C21CO1. The maximum absolute atomic E-state index is 6.24. The van der Waals surface area contributed by atoms with Crippen molar-refractivity contribution in [3.63, 3.8) is 0 Å². The molecule has 4 unspecified atom stereocenters. The van der Waals surface area contributed by atoms with Crippen LogP contribution in [-0.4, -0.2) is 55.3 Å². The first-order valence-corrected chi connectivity index (χ1v) is 8.62. The van der Waals surface area contributed by atoms with Gasteiger partial charge < -0.3 is 28.4 Å². The molecule has 6 nitrogen and oxygen atoms in total. The van der Waals surface area contributed by atoms with Gasteiger partial charge in [-0.1, -0.05) is 34.1 Å². The molecule has 2 spiro atoms. The summed E-state index contributed by atoms with van der Waals surface area (Å²) in [5.41, 5.74) is 0.242. The average Bonchev–Trinajstić information content (AvgIpc) is 3.46. The van der Waals surface area contributed by atoms with Gasteiger partial charge >= 0.3 is 0 Å². The molecule has 5 aliphatic heterocycles. The van der Waals surface area contributed by atoms with Crippen molar-refractivity contribution in [2.75, 3.05) is 13.2 Å². The minimum Gasteiger partial charge on any atom is -0.368 e. The van der Waals surface area contributed by atoms with Crippen LogP contribution in [0.25, 0.3) is 0 Å². The van der Waals surface area contributed by atoms with Crippen molar-refractivity contribution in [1.29, 1.82) is 0 Å². The van der Waals surface area contributed by atoms with Crippen LogP contribution in [0, 0.1) is 0 Å². The summed E-state index contributed by atoms with van der Waals surface area (Å²) < 4.78 is 36.5. The molecule has 0 N–H and O–H groups in total. The van der Waals surface area contributed by atoms with Crippen LogP contribution in [0.15, 0.2) is 28.7 Å². The number of rotatable bonds is 3. The molecule has 1 saturated carbocycles. The van der Waals surface area contributed by atoms with E-state index in [-0.39, 0.29) is 24.4 Å². The predicted molar refractivity (Wildman–Crippen MR) is 78.5 cm³/mol. The van der Waals surface area contributed by atoms with Gasteiger partial charge in [-0.25, -0.2) is 0 Å². The normalized spacial score (nSPS) is 51.6. The molecule has 4 atom stereocenters. The average molecular weight is 383 g/mol. The van der Waals surface area contributed by atoms with Gasteiger partial charge in [0.1, 0.15) is 35.6 Å². The van der Waals surface area contributed by atoms with Crippen molar-refractivity contribution in [3.8, 4) is 0 Å². The third kappa shape index (κ3) is 1.68. The van der Waals surface area contributed by atoms with E-state index in [1.54, 1.807) is 0 Å². The first-order chi connectivity index (χ1) is 11.2. The van der Waals surface area contributed by atoms with E-state index in [2.05, 4.69) is 15.9 Å². The Balaban J connectivity index is 1.31. The van der Waals surface area contributed by atoms with Crippen LogP contribution >= 0.6 is 15.9 Å². The number of hydrogen-bond acceptors (Lipinski definition) is 6. The van der Waals surface area contributed by atoms with E-state index in [0.29, 0.717) is 19.8 Å². The van der Waals surface area contributed by atoms with Crippen LogP contribution in [0.5, 0.6) is 0 Å². The standard InChI is InChI=1S/C16H15BrO6/c17-9-4-2-1-3-8(9)5-18-10-11-15(6-19-15)13-16(7-20-16)12(10)22-14(21-11)23-13/h1-4,10-14H,5-7H2. The van der Waals surface area contributed by atoms with Gasteiger partial charge in [0.25, 0.3) is 6.48 Å². The zero-order chi connectivity index (χ0) is 15.2. The highest BCUT2D eigenvalue weighted by Gasteiger charge is 2.84. The molecule has 0 radical (unpaired) electrons. The molecule has 23 heavy (non-hydrogen) atoms. The van der Waals surface area contributed by atoms with Crippen LogP contribution in [0.4, 0.5) is 0 Å². The fourth-order valence-electron chi connectivity index (χ4n) is 4.26. The van der Waals surface area contributed by atoms with Crippen LogP contribution in [-0.2, 0) is 35.0 Å². The van der Waals surface area contributed by atoms with Gasteiger partial charge in [-0.3, -0.25) is 0 Å². The zero-order valence-corrected chi connectivity index (χ0v) is 13.7. The summed E-state index contributed by atoms with van der Waals surface area (Å²) in [6.07, 6.45) is -0.658. The Morgan fingerprint density at radius 3 is 2.30 bits per heavy atom. The third-order valence-corrected chi connectivity index (χ3v) is 6.33. The predicted octanol–water partition coefficient (Wildman–Crippen LogP) is 1.35. The largest absolute Gasteiger partial charge is 0.368 e. The molecule has 6 fully saturated rings. The number of epoxide rings is 2. The van der Waals surface area contributed by atoms with Gasteiger partial charge in [0, 0.05) is 4.47 Å². The quantitative estimate of drug-likeness (QED) is 0.735. The summed E-state index contributed by atoms with van der Waals surface area (Å²) in [5.74, 6) is 0. The van der Waals surface area contributed by atoms with Gasteiger partial charge in [-0.05, 0) is 11.6 Å². The van der Waals surface area contributed by atoms with Crippen molar-refractivity contribution in [1.82, 2.24) is 0 Å². The highest BCUT2D eigenvalue weighted by atomic mass is 79.9. The van der Waals surface area contributed by atoms with Crippen molar-refractivity contribution < 1.29 is 28.4 Å². The van der Waals surface area contributed by atoms with Gasteiger partial charge in [0.05, 0.1) is 19.8 Å². The molecular formula is C16H15BrO6. The van der Waals surface area contributed by atoms with Crippen molar-refractivity contribution in [3.05, 3.63) is 34.3 Å². The van der Waals surface area contributed by atoms with Crippen LogP contribution < -0.4 is 0 Å². The van der Waals surface area contributed by atoms with Crippen LogP contribution in [0.3, 0.4) is 0 Å². The van der Waals surface area contributed by atoms with E-state index >= 15 is 0 Å². The molecule has 7 heteroatoms. The minimum atomic E-state index is -0.622. The summed E-state index contributed by atoms with van der Waals surface area (Å²) in [5, 5.41) is 0. The Bertz CT molecular complexity index is 642. The number of halogens is 1. The third-order valence-electron chi connectivity index (χ3n) is 5.55. The van der Waals surface area contributed by atoms with Gasteiger partial charge in [0.2, 0.25) is 0 Å². The van der Waals surface area contributed by atoms with E-state index in [4.69, 9.17) is 28.4 Å². The summed E-state index contributed by atoms with van der Waals surface area (Å²) in [6, 6.07) is 8.03. The van der Waals surface area contributed by atoms with Crippen molar-refractivity contribution in [2.45, 2.75) is 48.7 Å². The number of hydrogen-bond donors (Lipinski definition) is 0. The van der Waals surface area contributed by atoms with E-state index in [1.165, 1.54) is 0 Å². The van der Waals surface area contributed by atoms with E-state index in [9.17, 15) is 0 Å². The monoisotopic (exact) mass is 382 g/mol. The zero-order valence-electron chi connectivity index (χ0n) is 12.1. The second-order valence-corrected chi connectivity index (χ2v) is 7.63. The van der Waals surface area contributed by atoms with E-state index < -0.39 is 17.7 Å². The Morgan fingerprint density at radius 2 is 1.70 bits per heavy atom. The fraction of sp³-hybridized carbons (Fsp3) is 0.625. The number of ether oxygens (including phenoxy) is 6. The lowest BCUT2D eigenvalue weighted by Crippen LogP contribution is -2.78. The summed E-state index contributed by atoms with van der Waals surface area (Å²) in [6.45, 7) is 1.11. The van der Waals surface area contributed by atoms with Gasteiger partial charge in [-0.2, -0.15) is 0 Å². The molecule has 4 bridgehead atoms. The molecule has 1 aromatic carbocycles. The van der Waals surface area contributed by atoms with Crippen molar-refractivity contribution in [2.24, 2.45) is 0 Å². The Morgan fingerprint density at radius 1 is 1.04 bits per heavy atom. The summed E-state index contributed by atoms with van der Waals surface area (Å²) in [4.78, 5) is 0. The first-order valence-electron chi connectivity index (χ1n) is 7.82. The highest BCUT2D eigenvalue weighted by molar-refractivity contribution is 9.10. The van der Waals surface area contributed by atoms with Crippen molar-refractivity contribution >= 4 is 15.9 Å². The molecule has 7 rings (SSSR count). The summed E-state index contributed by atoms with van der Waals surface area (Å²) >= 11 is 3.56. The molecule has 0 amide bonds. The lowest BCUT2D eigenvalue weighted by atomic mass is 9.71. The molecule has 0 aromatic heterocycles. The lowest BCUT2D eigenvalue weighted by molar-refractivity contribution is -0.477. The second kappa shape index (κ2) is 4.35.